The minimum atomic E-state index is -3.63. The van der Waals surface area contributed by atoms with Crippen LogP contribution in [0.5, 0.6) is 0 Å². The highest BCUT2D eigenvalue weighted by Gasteiger charge is 2.18. The molecule has 4 aromatic rings. The lowest BCUT2D eigenvalue weighted by atomic mass is 10.1. The van der Waals surface area contributed by atoms with E-state index in [-0.39, 0.29) is 19.6 Å². The third-order valence-corrected chi connectivity index (χ3v) is 9.20. The summed E-state index contributed by atoms with van der Waals surface area (Å²) in [5.41, 5.74) is 1.80. The first-order chi connectivity index (χ1) is 15.7. The van der Waals surface area contributed by atoms with Gasteiger partial charge in [-0.3, -0.25) is 0 Å². The van der Waals surface area contributed by atoms with Crippen LogP contribution < -0.4 is 0 Å². The molecular weight excluding hydrogens is 499 g/mol. The molecule has 0 saturated heterocycles. The quantitative estimate of drug-likeness (QED) is 0.303. The molecule has 0 aliphatic carbocycles. The van der Waals surface area contributed by atoms with Crippen molar-refractivity contribution in [3.8, 4) is 0 Å². The molecule has 4 rings (SSSR count). The van der Waals surface area contributed by atoms with Gasteiger partial charge in [-0.05, 0) is 90.3 Å². The summed E-state index contributed by atoms with van der Waals surface area (Å²) >= 11 is 11.7. The Bertz CT molecular complexity index is 1360. The molecule has 4 aromatic carbocycles. The fourth-order valence-corrected chi connectivity index (χ4v) is 6.08. The second kappa shape index (κ2) is 9.31. The van der Waals surface area contributed by atoms with E-state index in [0.717, 1.165) is 11.1 Å². The smallest absolute Gasteiger partial charge is 0.206 e. The first-order valence-electron chi connectivity index (χ1n) is 9.85. The Balaban J connectivity index is 1.51. The monoisotopic (exact) mass is 516 g/mol. The number of hydrogen-bond acceptors (Lipinski definition) is 4. The normalized spacial score (nSPS) is 11.9. The Labute approximate surface area is 203 Å². The van der Waals surface area contributed by atoms with Crippen LogP contribution in [0.1, 0.15) is 11.1 Å². The average molecular weight is 517 g/mol. The number of sulfone groups is 2. The molecule has 0 saturated carbocycles. The molecule has 0 fully saturated rings. The largest absolute Gasteiger partial charge is 0.219 e. The lowest BCUT2D eigenvalue weighted by molar-refractivity contribution is 0.594. The zero-order valence-electron chi connectivity index (χ0n) is 17.2. The maximum Gasteiger partial charge on any atom is 0.206 e. The number of hydrogen-bond donors (Lipinski definition) is 0. The van der Waals surface area contributed by atoms with E-state index >= 15 is 0 Å². The summed E-state index contributed by atoms with van der Waals surface area (Å²) in [7, 11) is -7.26. The van der Waals surface area contributed by atoms with Gasteiger partial charge in [0.05, 0.1) is 19.6 Å². The highest BCUT2D eigenvalue weighted by atomic mass is 35.5. The SMILES string of the molecule is O=S(=O)(c1ccc(Cl)cc1)c1ccc(Cc2ccc(S(=O)(=O)c3ccc(Cl)cc3)cc2)cc1. The third-order valence-electron chi connectivity index (χ3n) is 5.12. The van der Waals surface area contributed by atoms with Gasteiger partial charge in [0, 0.05) is 10.0 Å². The maximum absolute atomic E-state index is 12.8. The summed E-state index contributed by atoms with van der Waals surface area (Å²) in [5, 5.41) is 0.938. The maximum atomic E-state index is 12.8. The molecule has 0 spiro atoms. The second-order valence-electron chi connectivity index (χ2n) is 7.38. The van der Waals surface area contributed by atoms with Crippen LogP contribution in [0.2, 0.25) is 10.0 Å². The Morgan fingerprint density at radius 1 is 0.424 bits per heavy atom. The van der Waals surface area contributed by atoms with E-state index in [1.165, 1.54) is 24.3 Å². The lowest BCUT2D eigenvalue weighted by Crippen LogP contribution is -2.02. The Kier molecular flexibility index (Phi) is 6.64. The van der Waals surface area contributed by atoms with Crippen molar-refractivity contribution < 1.29 is 16.8 Å². The van der Waals surface area contributed by atoms with Gasteiger partial charge < -0.3 is 0 Å². The minimum absolute atomic E-state index is 0.178. The van der Waals surface area contributed by atoms with Crippen LogP contribution in [0, 0.1) is 0 Å². The van der Waals surface area contributed by atoms with Crippen LogP contribution in [-0.2, 0) is 26.1 Å². The van der Waals surface area contributed by atoms with Crippen LogP contribution in [0.4, 0.5) is 0 Å². The summed E-state index contributed by atoms with van der Waals surface area (Å²) in [5.74, 6) is 0. The highest BCUT2D eigenvalue weighted by Crippen LogP contribution is 2.25. The molecule has 8 heteroatoms. The van der Waals surface area contributed by atoms with Crippen molar-refractivity contribution in [2.24, 2.45) is 0 Å². The fourth-order valence-electron chi connectivity index (χ4n) is 3.31. The van der Waals surface area contributed by atoms with Crippen molar-refractivity contribution in [3.63, 3.8) is 0 Å². The van der Waals surface area contributed by atoms with Crippen molar-refractivity contribution >= 4 is 42.9 Å². The van der Waals surface area contributed by atoms with E-state index < -0.39 is 19.7 Å². The number of benzene rings is 4. The van der Waals surface area contributed by atoms with Crippen LogP contribution in [0.3, 0.4) is 0 Å². The molecule has 0 aliphatic heterocycles. The topological polar surface area (TPSA) is 68.3 Å². The molecule has 0 aromatic heterocycles. The van der Waals surface area contributed by atoms with Gasteiger partial charge in [-0.1, -0.05) is 47.5 Å². The molecule has 0 unspecified atom stereocenters. The van der Waals surface area contributed by atoms with E-state index in [9.17, 15) is 16.8 Å². The third kappa shape index (κ3) is 5.14. The first-order valence-corrected chi connectivity index (χ1v) is 13.6. The fraction of sp³-hybridized carbons (Fsp3) is 0.0400. The van der Waals surface area contributed by atoms with Crippen LogP contribution in [0.15, 0.2) is 117 Å². The van der Waals surface area contributed by atoms with E-state index in [0.29, 0.717) is 16.5 Å². The van der Waals surface area contributed by atoms with Gasteiger partial charge in [0.15, 0.2) is 0 Å². The summed E-state index contributed by atoms with van der Waals surface area (Å²) in [4.78, 5) is 0.741. The number of halogens is 2. The van der Waals surface area contributed by atoms with Crippen molar-refractivity contribution in [1.29, 1.82) is 0 Å². The molecule has 0 aliphatic rings. The Morgan fingerprint density at radius 2 is 0.667 bits per heavy atom. The summed E-state index contributed by atoms with van der Waals surface area (Å²) in [6.07, 6.45) is 0.530. The van der Waals surface area contributed by atoms with E-state index in [1.807, 2.05) is 0 Å². The zero-order chi connectivity index (χ0) is 23.6. The molecule has 168 valence electrons. The van der Waals surface area contributed by atoms with Crippen molar-refractivity contribution in [2.75, 3.05) is 0 Å². The van der Waals surface area contributed by atoms with Crippen LogP contribution >= 0.6 is 23.2 Å². The van der Waals surface area contributed by atoms with Gasteiger partial charge >= 0.3 is 0 Å². The van der Waals surface area contributed by atoms with Gasteiger partial charge in [0.1, 0.15) is 0 Å². The second-order valence-corrected chi connectivity index (χ2v) is 12.2. The van der Waals surface area contributed by atoms with Gasteiger partial charge in [0.2, 0.25) is 19.7 Å². The van der Waals surface area contributed by atoms with Crippen molar-refractivity contribution in [1.82, 2.24) is 0 Å². The zero-order valence-corrected chi connectivity index (χ0v) is 20.3. The molecule has 4 nitrogen and oxygen atoms in total. The van der Waals surface area contributed by atoms with Gasteiger partial charge in [-0.2, -0.15) is 0 Å². The van der Waals surface area contributed by atoms with Crippen LogP contribution in [-0.4, -0.2) is 16.8 Å². The lowest BCUT2D eigenvalue weighted by Gasteiger charge is -2.08. The molecule has 0 amide bonds. The molecule has 0 atom stereocenters. The van der Waals surface area contributed by atoms with Gasteiger partial charge in [-0.15, -0.1) is 0 Å². The molecule has 33 heavy (non-hydrogen) atoms. The van der Waals surface area contributed by atoms with Gasteiger partial charge in [-0.25, -0.2) is 16.8 Å². The summed E-state index contributed by atoms with van der Waals surface area (Å²) < 4.78 is 51.1. The molecule has 0 radical (unpaired) electrons. The minimum Gasteiger partial charge on any atom is -0.219 e. The molecule has 0 bridgehead atoms. The first kappa shape index (κ1) is 23.5. The van der Waals surface area contributed by atoms with Crippen molar-refractivity contribution in [3.05, 3.63) is 118 Å². The van der Waals surface area contributed by atoms with E-state index in [2.05, 4.69) is 0 Å². The molecule has 0 N–H and O–H groups in total. The van der Waals surface area contributed by atoms with Gasteiger partial charge in [0.25, 0.3) is 0 Å². The average Bonchev–Trinajstić information content (AvgIpc) is 2.80. The Hall–Kier alpha value is -2.64. The van der Waals surface area contributed by atoms with E-state index in [1.54, 1.807) is 72.8 Å². The van der Waals surface area contributed by atoms with Crippen molar-refractivity contribution in [2.45, 2.75) is 26.0 Å². The van der Waals surface area contributed by atoms with E-state index in [4.69, 9.17) is 23.2 Å². The molecule has 0 heterocycles. The highest BCUT2D eigenvalue weighted by molar-refractivity contribution is 7.91. The van der Waals surface area contributed by atoms with Crippen LogP contribution in [0.25, 0.3) is 0 Å². The summed E-state index contributed by atoms with van der Waals surface area (Å²) in [6.45, 7) is 0. The predicted molar refractivity (Wildman–Crippen MR) is 129 cm³/mol. The Morgan fingerprint density at radius 3 is 0.939 bits per heavy atom. The predicted octanol–water partition coefficient (Wildman–Crippen LogP) is 6.25. The summed E-state index contributed by atoms with van der Waals surface area (Å²) in [6, 6.07) is 25.4. The standard InChI is InChI=1S/C25H18Cl2O4S2/c26-20-5-13-24(14-6-20)32(28,29)22-9-1-18(2-10-22)17-19-3-11-23(12-4-19)33(30,31)25-15-7-21(27)8-16-25/h1-16H,17H2. The number of rotatable bonds is 6. The molecular formula is C25H18Cl2O4S2.